The summed E-state index contributed by atoms with van der Waals surface area (Å²) in [6, 6.07) is 7.67. The Bertz CT molecular complexity index is 635. The summed E-state index contributed by atoms with van der Waals surface area (Å²) in [5, 5.41) is 0. The number of nitrogens with zero attached hydrogens (tertiary/aromatic N) is 2. The van der Waals surface area contributed by atoms with Crippen LogP contribution in [-0.2, 0) is 11.3 Å². The van der Waals surface area contributed by atoms with Crippen LogP contribution in [0.25, 0.3) is 11.4 Å². The van der Waals surface area contributed by atoms with Crippen molar-refractivity contribution in [3.05, 3.63) is 35.1 Å². The first kappa shape index (κ1) is 15.8. The van der Waals surface area contributed by atoms with E-state index in [1.807, 2.05) is 48.9 Å². The molecule has 0 spiro atoms. The molecule has 1 aromatic heterocycles. The minimum atomic E-state index is 0.207. The monoisotopic (exact) mass is 350 g/mol. The number of imidazole rings is 1. The van der Waals surface area contributed by atoms with Crippen molar-refractivity contribution in [2.24, 2.45) is 5.92 Å². The van der Waals surface area contributed by atoms with Gasteiger partial charge in [-0.1, -0.05) is 26.0 Å². The summed E-state index contributed by atoms with van der Waals surface area (Å²) < 4.78 is 7.84. The maximum absolute atomic E-state index is 12.1. The van der Waals surface area contributed by atoms with Crippen LogP contribution in [-0.4, -0.2) is 22.4 Å². The van der Waals surface area contributed by atoms with Crippen LogP contribution in [0.15, 0.2) is 35.1 Å². The first-order chi connectivity index (χ1) is 9.99. The average Bonchev–Trinajstić information content (AvgIpc) is 2.78. The fraction of sp³-hybridized carbons (Fsp3) is 0.375. The highest BCUT2D eigenvalue weighted by atomic mass is 79.9. The largest absolute Gasteiger partial charge is 0.497 e. The van der Waals surface area contributed by atoms with E-state index in [4.69, 9.17) is 4.74 Å². The van der Waals surface area contributed by atoms with Crippen molar-refractivity contribution in [3.8, 4) is 17.1 Å². The van der Waals surface area contributed by atoms with Gasteiger partial charge in [-0.05, 0) is 34.0 Å². The van der Waals surface area contributed by atoms with Crippen LogP contribution in [0.3, 0.4) is 0 Å². The van der Waals surface area contributed by atoms with Crippen molar-refractivity contribution >= 4 is 21.7 Å². The SMILES string of the molecule is COc1cccc(-c2nc(Br)cn2CC(=O)CC(C)C)c1. The van der Waals surface area contributed by atoms with Crippen molar-refractivity contribution in [2.75, 3.05) is 7.11 Å². The van der Waals surface area contributed by atoms with E-state index in [0.29, 0.717) is 18.9 Å². The molecule has 0 unspecified atom stereocenters. The van der Waals surface area contributed by atoms with E-state index in [1.165, 1.54) is 0 Å². The fourth-order valence-corrected chi connectivity index (χ4v) is 2.62. The predicted molar refractivity (Wildman–Crippen MR) is 86.4 cm³/mol. The van der Waals surface area contributed by atoms with Gasteiger partial charge in [-0.15, -0.1) is 0 Å². The van der Waals surface area contributed by atoms with Gasteiger partial charge in [-0.3, -0.25) is 4.79 Å². The molecule has 0 N–H and O–H groups in total. The zero-order valence-corrected chi connectivity index (χ0v) is 14.1. The number of hydrogen-bond donors (Lipinski definition) is 0. The Balaban J connectivity index is 2.29. The third-order valence-corrected chi connectivity index (χ3v) is 3.44. The molecule has 5 heteroatoms. The molecular formula is C16H19BrN2O2. The standard InChI is InChI=1S/C16H19BrN2O2/c1-11(2)7-13(20)9-19-10-15(17)18-16(19)12-5-4-6-14(8-12)21-3/h4-6,8,10-11H,7,9H2,1-3H3. The van der Waals surface area contributed by atoms with Gasteiger partial charge in [0.15, 0.2) is 5.78 Å². The number of benzene rings is 1. The van der Waals surface area contributed by atoms with Gasteiger partial charge in [0.25, 0.3) is 0 Å². The van der Waals surface area contributed by atoms with Crippen LogP contribution in [0.5, 0.6) is 5.75 Å². The Morgan fingerprint density at radius 3 is 2.86 bits per heavy atom. The highest BCUT2D eigenvalue weighted by molar-refractivity contribution is 9.10. The molecule has 21 heavy (non-hydrogen) atoms. The number of rotatable bonds is 6. The van der Waals surface area contributed by atoms with Gasteiger partial charge in [0.1, 0.15) is 16.2 Å². The van der Waals surface area contributed by atoms with Gasteiger partial charge < -0.3 is 9.30 Å². The number of aromatic nitrogens is 2. The van der Waals surface area contributed by atoms with Crippen LogP contribution in [0.4, 0.5) is 0 Å². The molecular weight excluding hydrogens is 332 g/mol. The normalized spacial score (nSPS) is 10.9. The summed E-state index contributed by atoms with van der Waals surface area (Å²) in [5.41, 5.74) is 0.928. The molecule has 0 fully saturated rings. The number of carbonyl (C=O) groups is 1. The number of halogens is 1. The van der Waals surface area contributed by atoms with E-state index >= 15 is 0 Å². The van der Waals surface area contributed by atoms with E-state index < -0.39 is 0 Å². The van der Waals surface area contributed by atoms with Gasteiger partial charge >= 0.3 is 0 Å². The van der Waals surface area contributed by atoms with E-state index in [9.17, 15) is 4.79 Å². The molecule has 0 bridgehead atoms. The van der Waals surface area contributed by atoms with E-state index in [1.54, 1.807) is 7.11 Å². The van der Waals surface area contributed by atoms with Crippen molar-refractivity contribution in [1.82, 2.24) is 9.55 Å². The third-order valence-electron chi connectivity index (χ3n) is 3.06. The molecule has 0 aliphatic heterocycles. The van der Waals surface area contributed by atoms with Crippen LogP contribution in [0.2, 0.25) is 0 Å². The molecule has 4 nitrogen and oxygen atoms in total. The van der Waals surface area contributed by atoms with Crippen LogP contribution < -0.4 is 4.74 Å². The molecule has 0 aliphatic rings. The lowest BCUT2D eigenvalue weighted by Crippen LogP contribution is -2.12. The minimum Gasteiger partial charge on any atom is -0.497 e. The maximum Gasteiger partial charge on any atom is 0.152 e. The molecule has 0 saturated heterocycles. The Kier molecular flexibility index (Phi) is 5.17. The quantitative estimate of drug-likeness (QED) is 0.792. The van der Waals surface area contributed by atoms with Gasteiger partial charge in [0, 0.05) is 18.2 Å². The van der Waals surface area contributed by atoms with Crippen LogP contribution >= 0.6 is 15.9 Å². The molecule has 0 amide bonds. The topological polar surface area (TPSA) is 44.1 Å². The number of Topliss-reactive ketones (excluding diaryl/α,β-unsaturated/α-hetero) is 1. The zero-order chi connectivity index (χ0) is 15.4. The highest BCUT2D eigenvalue weighted by Gasteiger charge is 2.13. The van der Waals surface area contributed by atoms with Crippen LogP contribution in [0.1, 0.15) is 20.3 Å². The Morgan fingerprint density at radius 2 is 2.19 bits per heavy atom. The van der Waals surface area contributed by atoms with Crippen LogP contribution in [0, 0.1) is 5.92 Å². The third kappa shape index (κ3) is 4.17. The maximum atomic E-state index is 12.1. The molecule has 2 rings (SSSR count). The lowest BCUT2D eigenvalue weighted by molar-refractivity contribution is -0.120. The molecule has 0 atom stereocenters. The van der Waals surface area contributed by atoms with Crippen molar-refractivity contribution in [2.45, 2.75) is 26.8 Å². The molecule has 0 aliphatic carbocycles. The minimum absolute atomic E-state index is 0.207. The summed E-state index contributed by atoms with van der Waals surface area (Å²) in [4.78, 5) is 16.5. The van der Waals surface area contributed by atoms with E-state index in [-0.39, 0.29) is 5.78 Å². The summed E-state index contributed by atoms with van der Waals surface area (Å²) in [5.74, 6) is 2.10. The summed E-state index contributed by atoms with van der Waals surface area (Å²) in [7, 11) is 1.63. The van der Waals surface area contributed by atoms with Gasteiger partial charge in [-0.25, -0.2) is 4.98 Å². The average molecular weight is 351 g/mol. The Labute approximate surface area is 133 Å². The number of ketones is 1. The van der Waals surface area contributed by atoms with Crippen molar-refractivity contribution < 1.29 is 9.53 Å². The predicted octanol–water partition coefficient (Wildman–Crippen LogP) is 3.94. The Hall–Kier alpha value is -1.62. The number of methoxy groups -OCH3 is 1. The summed E-state index contributed by atoms with van der Waals surface area (Å²) >= 11 is 3.38. The second-order valence-corrected chi connectivity index (χ2v) is 6.20. The second-order valence-electron chi connectivity index (χ2n) is 5.38. The van der Waals surface area contributed by atoms with Crippen molar-refractivity contribution in [3.63, 3.8) is 0 Å². The van der Waals surface area contributed by atoms with Gasteiger partial charge in [0.2, 0.25) is 0 Å². The van der Waals surface area contributed by atoms with Gasteiger partial charge in [-0.2, -0.15) is 0 Å². The lowest BCUT2D eigenvalue weighted by atomic mass is 10.1. The van der Waals surface area contributed by atoms with Crippen molar-refractivity contribution in [1.29, 1.82) is 0 Å². The van der Waals surface area contributed by atoms with E-state index in [2.05, 4.69) is 20.9 Å². The Morgan fingerprint density at radius 1 is 1.43 bits per heavy atom. The fourth-order valence-electron chi connectivity index (χ4n) is 2.21. The van der Waals surface area contributed by atoms with E-state index in [0.717, 1.165) is 21.7 Å². The first-order valence-corrected chi connectivity index (χ1v) is 7.67. The smallest absolute Gasteiger partial charge is 0.152 e. The molecule has 112 valence electrons. The second kappa shape index (κ2) is 6.89. The zero-order valence-electron chi connectivity index (χ0n) is 12.5. The number of hydrogen-bond acceptors (Lipinski definition) is 3. The lowest BCUT2D eigenvalue weighted by Gasteiger charge is -2.09. The highest BCUT2D eigenvalue weighted by Crippen LogP contribution is 2.25. The molecule has 1 heterocycles. The van der Waals surface area contributed by atoms with Gasteiger partial charge in [0.05, 0.1) is 13.7 Å². The number of carbonyl (C=O) groups excluding carboxylic acids is 1. The molecule has 0 saturated carbocycles. The molecule has 1 aromatic carbocycles. The number of ether oxygens (including phenoxy) is 1. The summed E-state index contributed by atoms with van der Waals surface area (Å²) in [6.45, 7) is 4.43. The first-order valence-electron chi connectivity index (χ1n) is 6.88. The summed E-state index contributed by atoms with van der Waals surface area (Å²) in [6.07, 6.45) is 2.42. The molecule has 2 aromatic rings. The molecule has 0 radical (unpaired) electrons.